The summed E-state index contributed by atoms with van der Waals surface area (Å²) in [5.74, 6) is 0.315. The molecular formula is C17H28O4. The molecule has 0 saturated heterocycles. The van der Waals surface area contributed by atoms with Crippen LogP contribution in [-0.2, 0) is 19.1 Å². The van der Waals surface area contributed by atoms with Crippen LogP contribution in [0, 0.1) is 11.8 Å². The lowest BCUT2D eigenvalue weighted by Crippen LogP contribution is -2.20. The second-order valence-electron chi connectivity index (χ2n) is 6.13. The van der Waals surface area contributed by atoms with Crippen molar-refractivity contribution < 1.29 is 19.1 Å². The van der Waals surface area contributed by atoms with Crippen LogP contribution >= 0.6 is 0 Å². The van der Waals surface area contributed by atoms with Gasteiger partial charge in [-0.05, 0) is 44.4 Å². The number of carbonyl (C=O) groups is 2. The molecule has 0 amide bonds. The fraction of sp³-hybridized carbons (Fsp3) is 0.765. The van der Waals surface area contributed by atoms with E-state index in [0.717, 1.165) is 19.3 Å². The first-order valence-corrected chi connectivity index (χ1v) is 7.99. The number of esters is 2. The maximum Gasteiger partial charge on any atom is 0.306 e. The summed E-state index contributed by atoms with van der Waals surface area (Å²) in [5, 5.41) is 0. The van der Waals surface area contributed by atoms with Crippen molar-refractivity contribution >= 4 is 11.9 Å². The van der Waals surface area contributed by atoms with Gasteiger partial charge in [-0.3, -0.25) is 9.59 Å². The average molecular weight is 296 g/mol. The first-order chi connectivity index (χ1) is 9.99. The lowest BCUT2D eigenvalue weighted by atomic mass is 9.95. The number of ether oxygens (including phenoxy) is 2. The zero-order valence-electron chi connectivity index (χ0n) is 13.5. The number of hydrogen-bond donors (Lipinski definition) is 0. The Morgan fingerprint density at radius 2 is 1.86 bits per heavy atom. The molecule has 4 nitrogen and oxygen atoms in total. The van der Waals surface area contributed by atoms with Gasteiger partial charge >= 0.3 is 11.9 Å². The van der Waals surface area contributed by atoms with Crippen molar-refractivity contribution in [2.75, 3.05) is 6.61 Å². The smallest absolute Gasteiger partial charge is 0.306 e. The van der Waals surface area contributed by atoms with Crippen LogP contribution < -0.4 is 0 Å². The van der Waals surface area contributed by atoms with Gasteiger partial charge in [0.25, 0.3) is 0 Å². The Labute approximate surface area is 127 Å². The molecule has 0 aliphatic heterocycles. The van der Waals surface area contributed by atoms with Crippen LogP contribution in [0.15, 0.2) is 12.2 Å². The molecule has 0 fully saturated rings. The predicted molar refractivity (Wildman–Crippen MR) is 81.7 cm³/mol. The Balaban J connectivity index is 2.07. The summed E-state index contributed by atoms with van der Waals surface area (Å²) in [6, 6.07) is 0. The second kappa shape index (κ2) is 9.59. The van der Waals surface area contributed by atoms with Gasteiger partial charge in [0.2, 0.25) is 0 Å². The van der Waals surface area contributed by atoms with Gasteiger partial charge in [0.15, 0.2) is 0 Å². The van der Waals surface area contributed by atoms with E-state index in [1.807, 2.05) is 20.8 Å². The van der Waals surface area contributed by atoms with E-state index in [2.05, 4.69) is 12.2 Å². The minimum absolute atomic E-state index is 0.0798. The molecule has 0 heterocycles. The van der Waals surface area contributed by atoms with Gasteiger partial charge in [0.1, 0.15) is 6.10 Å². The van der Waals surface area contributed by atoms with Crippen LogP contribution in [0.2, 0.25) is 0 Å². The fourth-order valence-electron chi connectivity index (χ4n) is 2.07. The summed E-state index contributed by atoms with van der Waals surface area (Å²) in [7, 11) is 0. The summed E-state index contributed by atoms with van der Waals surface area (Å²) in [6.07, 6.45) is 8.44. The molecular weight excluding hydrogens is 268 g/mol. The van der Waals surface area contributed by atoms with Crippen LogP contribution in [-0.4, -0.2) is 24.6 Å². The van der Waals surface area contributed by atoms with Gasteiger partial charge in [-0.1, -0.05) is 26.0 Å². The molecule has 0 saturated carbocycles. The lowest BCUT2D eigenvalue weighted by molar-refractivity contribution is -0.150. The largest absolute Gasteiger partial charge is 0.465 e. The molecule has 0 aromatic carbocycles. The minimum atomic E-state index is -0.235. The van der Waals surface area contributed by atoms with Gasteiger partial charge in [-0.2, -0.15) is 0 Å². The molecule has 2 unspecified atom stereocenters. The van der Waals surface area contributed by atoms with Crippen LogP contribution in [0.1, 0.15) is 59.3 Å². The van der Waals surface area contributed by atoms with E-state index in [9.17, 15) is 9.59 Å². The molecule has 1 aliphatic carbocycles. The highest BCUT2D eigenvalue weighted by Crippen LogP contribution is 2.18. The van der Waals surface area contributed by atoms with Crippen molar-refractivity contribution in [3.63, 3.8) is 0 Å². The maximum atomic E-state index is 11.6. The van der Waals surface area contributed by atoms with Crippen LogP contribution in [0.4, 0.5) is 0 Å². The third-order valence-corrected chi connectivity index (χ3v) is 3.88. The normalized spacial score (nSPS) is 19.3. The minimum Gasteiger partial charge on any atom is -0.465 e. The quantitative estimate of drug-likeness (QED) is 0.507. The molecule has 2 atom stereocenters. The van der Waals surface area contributed by atoms with E-state index in [4.69, 9.17) is 9.47 Å². The van der Waals surface area contributed by atoms with Gasteiger partial charge in [0.05, 0.1) is 6.61 Å². The number of carbonyl (C=O) groups excluding carboxylic acids is 2. The second-order valence-corrected chi connectivity index (χ2v) is 6.13. The summed E-state index contributed by atoms with van der Waals surface area (Å²) < 4.78 is 10.5. The lowest BCUT2D eigenvalue weighted by Gasteiger charge is -2.17. The van der Waals surface area contributed by atoms with E-state index in [-0.39, 0.29) is 30.9 Å². The van der Waals surface area contributed by atoms with Gasteiger partial charge in [0, 0.05) is 12.8 Å². The molecule has 0 aromatic heterocycles. The Morgan fingerprint density at radius 1 is 1.14 bits per heavy atom. The zero-order valence-corrected chi connectivity index (χ0v) is 13.5. The Kier molecular flexibility index (Phi) is 8.09. The summed E-state index contributed by atoms with van der Waals surface area (Å²) in [6.45, 7) is 6.40. The summed E-state index contributed by atoms with van der Waals surface area (Å²) in [5.41, 5.74) is 0. The van der Waals surface area contributed by atoms with Gasteiger partial charge < -0.3 is 9.47 Å². The van der Waals surface area contributed by atoms with Crippen molar-refractivity contribution in [1.82, 2.24) is 0 Å². The van der Waals surface area contributed by atoms with Crippen LogP contribution in [0.3, 0.4) is 0 Å². The highest BCUT2D eigenvalue weighted by atomic mass is 16.5. The van der Waals surface area contributed by atoms with Crippen LogP contribution in [0.25, 0.3) is 0 Å². The monoisotopic (exact) mass is 296 g/mol. The molecule has 21 heavy (non-hydrogen) atoms. The molecule has 1 rings (SSSR count). The van der Waals surface area contributed by atoms with E-state index >= 15 is 0 Å². The highest BCUT2D eigenvalue weighted by Gasteiger charge is 2.15. The topological polar surface area (TPSA) is 52.6 Å². The van der Waals surface area contributed by atoms with E-state index in [1.165, 1.54) is 0 Å². The molecule has 0 radical (unpaired) electrons. The molecule has 4 heteroatoms. The molecule has 0 N–H and O–H groups in total. The third kappa shape index (κ3) is 7.88. The maximum absolute atomic E-state index is 11.6. The van der Waals surface area contributed by atoms with Crippen molar-refractivity contribution in [3.8, 4) is 0 Å². The van der Waals surface area contributed by atoms with Gasteiger partial charge in [-0.25, -0.2) is 0 Å². The van der Waals surface area contributed by atoms with Crippen molar-refractivity contribution in [3.05, 3.63) is 12.2 Å². The van der Waals surface area contributed by atoms with Crippen molar-refractivity contribution in [2.24, 2.45) is 11.8 Å². The van der Waals surface area contributed by atoms with Gasteiger partial charge in [-0.15, -0.1) is 0 Å². The summed E-state index contributed by atoms with van der Waals surface area (Å²) >= 11 is 0. The first kappa shape index (κ1) is 17.7. The number of hydrogen-bond acceptors (Lipinski definition) is 4. The van der Waals surface area contributed by atoms with Crippen LogP contribution in [0.5, 0.6) is 0 Å². The Morgan fingerprint density at radius 3 is 2.48 bits per heavy atom. The first-order valence-electron chi connectivity index (χ1n) is 7.99. The SMILES string of the molecule is CC(C)C(C)OC(=O)CCCC(=O)OCC1CC=CCC1. The molecule has 1 aliphatic rings. The number of allylic oxidation sites excluding steroid dienone is 2. The summed E-state index contributed by atoms with van der Waals surface area (Å²) in [4.78, 5) is 23.2. The fourth-order valence-corrected chi connectivity index (χ4v) is 2.07. The predicted octanol–water partition coefficient (Wildman–Crippen LogP) is 3.64. The Hall–Kier alpha value is -1.32. The zero-order chi connectivity index (χ0) is 15.7. The molecule has 0 aromatic rings. The van der Waals surface area contributed by atoms with E-state index < -0.39 is 0 Å². The average Bonchev–Trinajstić information content (AvgIpc) is 2.46. The number of rotatable bonds is 8. The standard InChI is InChI=1S/C17H28O4/c1-13(2)14(3)21-17(19)11-7-10-16(18)20-12-15-8-5-4-6-9-15/h4-5,13-15H,6-12H2,1-3H3. The highest BCUT2D eigenvalue weighted by molar-refractivity contribution is 5.72. The van der Waals surface area contributed by atoms with E-state index in [0.29, 0.717) is 24.9 Å². The van der Waals surface area contributed by atoms with Crippen molar-refractivity contribution in [2.45, 2.75) is 65.4 Å². The van der Waals surface area contributed by atoms with E-state index in [1.54, 1.807) is 0 Å². The molecule has 120 valence electrons. The Bertz CT molecular complexity index is 360. The third-order valence-electron chi connectivity index (χ3n) is 3.88. The van der Waals surface area contributed by atoms with Crippen molar-refractivity contribution in [1.29, 1.82) is 0 Å². The molecule has 0 spiro atoms. The molecule has 0 bridgehead atoms.